The van der Waals surface area contributed by atoms with Crippen molar-refractivity contribution in [3.8, 4) is 5.75 Å². The smallest absolute Gasteiger partial charge is 0.153 e. The molecule has 0 amide bonds. The molecule has 0 saturated heterocycles. The number of aromatic hydroxyl groups is 1. The van der Waals surface area contributed by atoms with Crippen molar-refractivity contribution < 1.29 is 14.6 Å². The summed E-state index contributed by atoms with van der Waals surface area (Å²) in [6.45, 7) is 2.68. The molecule has 1 aromatic rings. The Morgan fingerprint density at radius 1 is 1.43 bits per heavy atom. The highest BCUT2D eigenvalue weighted by molar-refractivity contribution is 5.08. The Morgan fingerprint density at radius 2 is 2.29 bits per heavy atom. The maximum atomic E-state index is 8.99. The van der Waals surface area contributed by atoms with Crippen LogP contribution in [-0.2, 0) is 16.0 Å². The average molecular weight is 200 g/mol. The highest BCUT2D eigenvalue weighted by Crippen LogP contribution is 2.03. The maximum Gasteiger partial charge on any atom is 0.153 e. The third-order valence-electron chi connectivity index (χ3n) is 1.72. The molecule has 0 aromatic carbocycles. The first-order valence-electron chi connectivity index (χ1n) is 4.61. The standard InChI is InChI=1S/C9H16N2O3/c1-13-4-2-5-14-6-3-11-8-9(12)7-10-11/h7-8,12H,2-6H2,1H3. The van der Waals surface area contributed by atoms with Crippen molar-refractivity contribution in [1.82, 2.24) is 9.78 Å². The minimum absolute atomic E-state index is 0.185. The Morgan fingerprint density at radius 3 is 2.93 bits per heavy atom. The fourth-order valence-corrected chi connectivity index (χ4v) is 1.04. The van der Waals surface area contributed by atoms with Crippen LogP contribution in [0.4, 0.5) is 0 Å². The van der Waals surface area contributed by atoms with Crippen molar-refractivity contribution in [3.05, 3.63) is 12.4 Å². The molecule has 0 bridgehead atoms. The van der Waals surface area contributed by atoms with Gasteiger partial charge < -0.3 is 14.6 Å². The summed E-state index contributed by atoms with van der Waals surface area (Å²) in [6, 6.07) is 0. The van der Waals surface area contributed by atoms with Gasteiger partial charge in [-0.2, -0.15) is 5.10 Å². The van der Waals surface area contributed by atoms with Gasteiger partial charge in [-0.25, -0.2) is 0 Å². The summed E-state index contributed by atoms with van der Waals surface area (Å²) in [7, 11) is 1.67. The molecule has 0 fully saturated rings. The summed E-state index contributed by atoms with van der Waals surface area (Å²) in [4.78, 5) is 0. The van der Waals surface area contributed by atoms with E-state index in [4.69, 9.17) is 14.6 Å². The Kier molecular flexibility index (Phi) is 5.03. The SMILES string of the molecule is COCCCOCCn1cc(O)cn1. The van der Waals surface area contributed by atoms with E-state index < -0.39 is 0 Å². The molecule has 1 aromatic heterocycles. The molecule has 0 aliphatic heterocycles. The summed E-state index contributed by atoms with van der Waals surface area (Å²) in [5.41, 5.74) is 0. The molecule has 14 heavy (non-hydrogen) atoms. The Bertz CT molecular complexity index is 250. The first-order valence-corrected chi connectivity index (χ1v) is 4.61. The van der Waals surface area contributed by atoms with Crippen LogP contribution in [0.25, 0.3) is 0 Å². The lowest BCUT2D eigenvalue weighted by Gasteiger charge is -2.03. The molecule has 1 rings (SSSR count). The number of aromatic nitrogens is 2. The van der Waals surface area contributed by atoms with Gasteiger partial charge in [0, 0.05) is 20.3 Å². The molecule has 5 nitrogen and oxygen atoms in total. The highest BCUT2D eigenvalue weighted by Gasteiger charge is 1.95. The van der Waals surface area contributed by atoms with Gasteiger partial charge in [-0.15, -0.1) is 0 Å². The van der Waals surface area contributed by atoms with E-state index in [-0.39, 0.29) is 5.75 Å². The lowest BCUT2D eigenvalue weighted by molar-refractivity contribution is 0.0961. The van der Waals surface area contributed by atoms with Crippen molar-refractivity contribution in [2.45, 2.75) is 13.0 Å². The van der Waals surface area contributed by atoms with Crippen LogP contribution in [-0.4, -0.2) is 41.8 Å². The van der Waals surface area contributed by atoms with Crippen LogP contribution in [0.5, 0.6) is 5.75 Å². The van der Waals surface area contributed by atoms with Gasteiger partial charge in [0.1, 0.15) is 0 Å². The van der Waals surface area contributed by atoms with Crippen LogP contribution in [0.1, 0.15) is 6.42 Å². The van der Waals surface area contributed by atoms with E-state index in [1.54, 1.807) is 18.0 Å². The van der Waals surface area contributed by atoms with Gasteiger partial charge in [-0.3, -0.25) is 4.68 Å². The van der Waals surface area contributed by atoms with Gasteiger partial charge >= 0.3 is 0 Å². The monoisotopic (exact) mass is 200 g/mol. The fourth-order valence-electron chi connectivity index (χ4n) is 1.04. The fraction of sp³-hybridized carbons (Fsp3) is 0.667. The van der Waals surface area contributed by atoms with Gasteiger partial charge in [-0.1, -0.05) is 0 Å². The minimum Gasteiger partial charge on any atom is -0.505 e. The Balaban J connectivity index is 1.99. The topological polar surface area (TPSA) is 56.5 Å². The second kappa shape index (κ2) is 6.39. The quantitative estimate of drug-likeness (QED) is 0.656. The third kappa shape index (κ3) is 4.25. The zero-order valence-electron chi connectivity index (χ0n) is 8.35. The van der Waals surface area contributed by atoms with Crippen molar-refractivity contribution in [1.29, 1.82) is 0 Å². The van der Waals surface area contributed by atoms with Crippen LogP contribution >= 0.6 is 0 Å². The van der Waals surface area contributed by atoms with Gasteiger partial charge in [-0.05, 0) is 6.42 Å². The summed E-state index contributed by atoms with van der Waals surface area (Å²) >= 11 is 0. The number of hydrogen-bond acceptors (Lipinski definition) is 4. The number of nitrogens with zero attached hydrogens (tertiary/aromatic N) is 2. The molecule has 0 unspecified atom stereocenters. The molecule has 0 aliphatic carbocycles. The van der Waals surface area contributed by atoms with Crippen molar-refractivity contribution >= 4 is 0 Å². The first-order chi connectivity index (χ1) is 6.83. The van der Waals surface area contributed by atoms with Gasteiger partial charge in [0.25, 0.3) is 0 Å². The van der Waals surface area contributed by atoms with Crippen LogP contribution in [0.15, 0.2) is 12.4 Å². The highest BCUT2D eigenvalue weighted by atomic mass is 16.5. The van der Waals surface area contributed by atoms with Crippen molar-refractivity contribution in [2.75, 3.05) is 26.9 Å². The summed E-state index contributed by atoms with van der Waals surface area (Å²) in [5, 5.41) is 12.9. The largest absolute Gasteiger partial charge is 0.505 e. The zero-order chi connectivity index (χ0) is 10.2. The molecule has 0 atom stereocenters. The second-order valence-electron chi connectivity index (χ2n) is 2.92. The molecular formula is C9H16N2O3. The Hall–Kier alpha value is -1.07. The molecule has 0 spiro atoms. The lowest BCUT2D eigenvalue weighted by Crippen LogP contribution is -2.07. The van der Waals surface area contributed by atoms with E-state index >= 15 is 0 Å². The summed E-state index contributed by atoms with van der Waals surface area (Å²) in [6.07, 6.45) is 3.88. The molecule has 0 aliphatic rings. The first kappa shape index (κ1) is 11.0. The molecule has 80 valence electrons. The average Bonchev–Trinajstić information content (AvgIpc) is 2.58. The summed E-state index contributed by atoms with van der Waals surface area (Å²) in [5.74, 6) is 0.185. The minimum atomic E-state index is 0.185. The number of hydrogen-bond donors (Lipinski definition) is 1. The molecule has 1 heterocycles. The second-order valence-corrected chi connectivity index (χ2v) is 2.92. The van der Waals surface area contributed by atoms with Gasteiger partial charge in [0.05, 0.1) is 25.5 Å². The van der Waals surface area contributed by atoms with Gasteiger partial charge in [0.15, 0.2) is 5.75 Å². The van der Waals surface area contributed by atoms with Crippen LogP contribution in [0, 0.1) is 0 Å². The van der Waals surface area contributed by atoms with E-state index in [2.05, 4.69) is 5.10 Å². The van der Waals surface area contributed by atoms with E-state index in [9.17, 15) is 0 Å². The predicted octanol–water partition coefficient (Wildman–Crippen LogP) is 0.642. The molecule has 5 heteroatoms. The van der Waals surface area contributed by atoms with Crippen LogP contribution in [0.2, 0.25) is 0 Å². The van der Waals surface area contributed by atoms with Crippen LogP contribution in [0.3, 0.4) is 0 Å². The maximum absolute atomic E-state index is 8.99. The lowest BCUT2D eigenvalue weighted by atomic mass is 10.5. The molecular weight excluding hydrogens is 184 g/mol. The van der Waals surface area contributed by atoms with Crippen LogP contribution < -0.4 is 0 Å². The zero-order valence-corrected chi connectivity index (χ0v) is 8.35. The molecule has 0 saturated carbocycles. The molecule has 1 N–H and O–H groups in total. The number of rotatable bonds is 7. The van der Waals surface area contributed by atoms with E-state index in [1.165, 1.54) is 6.20 Å². The van der Waals surface area contributed by atoms with Crippen molar-refractivity contribution in [3.63, 3.8) is 0 Å². The summed E-state index contributed by atoms with van der Waals surface area (Å²) < 4.78 is 11.9. The normalized spacial score (nSPS) is 10.6. The van der Waals surface area contributed by atoms with Gasteiger partial charge in [0.2, 0.25) is 0 Å². The van der Waals surface area contributed by atoms with E-state index in [0.29, 0.717) is 19.8 Å². The molecule has 0 radical (unpaired) electrons. The number of ether oxygens (including phenoxy) is 2. The van der Waals surface area contributed by atoms with E-state index in [1.807, 2.05) is 0 Å². The van der Waals surface area contributed by atoms with E-state index in [0.717, 1.165) is 13.0 Å². The Labute approximate surface area is 83.2 Å². The van der Waals surface area contributed by atoms with Crippen molar-refractivity contribution in [2.24, 2.45) is 0 Å². The number of methoxy groups -OCH3 is 1. The predicted molar refractivity (Wildman–Crippen MR) is 51.2 cm³/mol. The third-order valence-corrected chi connectivity index (χ3v) is 1.72.